The van der Waals surface area contributed by atoms with Crippen LogP contribution in [0.1, 0.15) is 20.4 Å². The predicted molar refractivity (Wildman–Crippen MR) is 70.8 cm³/mol. The lowest BCUT2D eigenvalue weighted by Crippen LogP contribution is -2.40. The van der Waals surface area contributed by atoms with Crippen LogP contribution in [0.15, 0.2) is 0 Å². The third kappa shape index (κ3) is 3.34. The maximum atomic E-state index is 11.7. The van der Waals surface area contributed by atoms with Gasteiger partial charge in [-0.3, -0.25) is 14.5 Å². The van der Waals surface area contributed by atoms with Gasteiger partial charge in [-0.15, -0.1) is 11.3 Å². The zero-order valence-electron chi connectivity index (χ0n) is 11.0. The largest absolute Gasteiger partial charge is 0.477 e. The van der Waals surface area contributed by atoms with Gasteiger partial charge in [-0.25, -0.2) is 14.6 Å². The highest BCUT2D eigenvalue weighted by atomic mass is 32.1. The number of carboxylic acid groups (broad SMARTS) is 1. The molecule has 0 bridgehead atoms. The zero-order chi connectivity index (χ0) is 15.6. The summed E-state index contributed by atoms with van der Waals surface area (Å²) < 4.78 is 0. The second-order valence-corrected chi connectivity index (χ2v) is 5.33. The number of imide groups is 1. The van der Waals surface area contributed by atoms with E-state index in [4.69, 9.17) is 5.11 Å². The molecule has 0 saturated carbocycles. The van der Waals surface area contributed by atoms with Crippen LogP contribution < -0.4 is 10.6 Å². The lowest BCUT2D eigenvalue weighted by atomic mass is 10.4. The van der Waals surface area contributed by atoms with Crippen LogP contribution in [-0.2, 0) is 16.1 Å². The highest BCUT2D eigenvalue weighted by Gasteiger charge is 2.30. The number of carboxylic acids is 1. The van der Waals surface area contributed by atoms with Gasteiger partial charge >= 0.3 is 12.0 Å². The number of urea groups is 1. The Labute approximate surface area is 123 Å². The van der Waals surface area contributed by atoms with Crippen LogP contribution in [-0.4, -0.2) is 51.9 Å². The lowest BCUT2D eigenvalue weighted by Gasteiger charge is -2.11. The summed E-state index contributed by atoms with van der Waals surface area (Å²) in [5, 5.41) is 14.1. The first-order valence-electron chi connectivity index (χ1n) is 5.93. The van der Waals surface area contributed by atoms with Crippen molar-refractivity contribution in [2.75, 3.05) is 13.1 Å². The van der Waals surface area contributed by atoms with Gasteiger partial charge in [-0.2, -0.15) is 0 Å². The number of hydrogen-bond donors (Lipinski definition) is 3. The topological polar surface area (TPSA) is 129 Å². The normalized spacial score (nSPS) is 14.2. The molecule has 112 valence electrons. The van der Waals surface area contributed by atoms with E-state index in [1.54, 1.807) is 6.92 Å². The third-order valence-corrected chi connectivity index (χ3v) is 3.86. The number of amides is 4. The van der Waals surface area contributed by atoms with E-state index >= 15 is 0 Å². The number of nitrogens with zero attached hydrogens (tertiary/aromatic N) is 2. The summed E-state index contributed by atoms with van der Waals surface area (Å²) in [6, 6.07) is -0.603. The van der Waals surface area contributed by atoms with E-state index < -0.39 is 23.8 Å². The van der Waals surface area contributed by atoms with Crippen LogP contribution in [0.3, 0.4) is 0 Å². The molecule has 2 rings (SSSR count). The maximum absolute atomic E-state index is 11.7. The molecule has 1 aromatic rings. The Balaban J connectivity index is 1.89. The fourth-order valence-corrected chi connectivity index (χ4v) is 2.56. The van der Waals surface area contributed by atoms with Gasteiger partial charge in [-0.1, -0.05) is 0 Å². The summed E-state index contributed by atoms with van der Waals surface area (Å²) in [5.41, 5.74) is 0.380. The van der Waals surface area contributed by atoms with Gasteiger partial charge in [0.05, 0.1) is 18.8 Å². The summed E-state index contributed by atoms with van der Waals surface area (Å²) in [6.07, 6.45) is 0. The molecule has 0 atom stereocenters. The third-order valence-electron chi connectivity index (χ3n) is 2.71. The average Bonchev–Trinajstić information content (AvgIpc) is 2.94. The fourth-order valence-electron chi connectivity index (χ4n) is 1.72. The number of rotatable bonds is 5. The van der Waals surface area contributed by atoms with Crippen LogP contribution in [0.25, 0.3) is 0 Å². The number of carbonyl (C=O) groups is 4. The van der Waals surface area contributed by atoms with Gasteiger partial charge in [0.2, 0.25) is 5.91 Å². The Morgan fingerprint density at radius 1 is 1.48 bits per heavy atom. The minimum atomic E-state index is -1.07. The Morgan fingerprint density at radius 2 is 2.19 bits per heavy atom. The number of aryl methyl sites for hydroxylation is 1. The van der Waals surface area contributed by atoms with Crippen molar-refractivity contribution < 1.29 is 24.3 Å². The summed E-state index contributed by atoms with van der Waals surface area (Å²) in [4.78, 5) is 50.1. The molecule has 21 heavy (non-hydrogen) atoms. The van der Waals surface area contributed by atoms with Gasteiger partial charge in [0.1, 0.15) is 16.4 Å². The molecule has 10 heteroatoms. The number of nitrogens with one attached hydrogen (secondary N) is 2. The van der Waals surface area contributed by atoms with Crippen LogP contribution in [0.4, 0.5) is 4.79 Å². The SMILES string of the molecule is Cc1nc(CNC(=O)CN2C(=O)CNC2=O)sc1C(=O)O. The van der Waals surface area contributed by atoms with E-state index in [2.05, 4.69) is 15.6 Å². The molecule has 0 unspecified atom stereocenters. The van der Waals surface area contributed by atoms with E-state index in [0.29, 0.717) is 10.7 Å². The van der Waals surface area contributed by atoms with Crippen molar-refractivity contribution in [1.29, 1.82) is 0 Å². The summed E-state index contributed by atoms with van der Waals surface area (Å²) in [6.45, 7) is 1.13. The molecule has 2 heterocycles. The van der Waals surface area contributed by atoms with Crippen molar-refractivity contribution in [3.05, 3.63) is 15.6 Å². The van der Waals surface area contributed by atoms with E-state index in [9.17, 15) is 19.2 Å². The van der Waals surface area contributed by atoms with Crippen molar-refractivity contribution in [2.24, 2.45) is 0 Å². The van der Waals surface area contributed by atoms with Crippen molar-refractivity contribution in [1.82, 2.24) is 20.5 Å². The molecule has 0 radical (unpaired) electrons. The van der Waals surface area contributed by atoms with Crippen LogP contribution in [0.2, 0.25) is 0 Å². The fraction of sp³-hybridized carbons (Fsp3) is 0.364. The highest BCUT2D eigenvalue weighted by molar-refractivity contribution is 7.13. The Hall–Kier alpha value is -2.49. The number of aromatic carboxylic acids is 1. The van der Waals surface area contributed by atoms with Gasteiger partial charge in [-0.05, 0) is 6.92 Å². The Bertz CT molecular complexity index is 610. The molecule has 0 aliphatic carbocycles. The molecule has 0 spiro atoms. The van der Waals surface area contributed by atoms with Crippen molar-refractivity contribution in [3.8, 4) is 0 Å². The Morgan fingerprint density at radius 3 is 2.71 bits per heavy atom. The standard InChI is InChI=1S/C11H12N4O5S/c1-5-9(10(18)19)21-7(14-5)2-12-6(16)4-15-8(17)3-13-11(15)20/h2-4H2,1H3,(H,12,16)(H,13,20)(H,18,19). The summed E-state index contributed by atoms with van der Waals surface area (Å²) in [7, 11) is 0. The second-order valence-electron chi connectivity index (χ2n) is 4.24. The molecule has 4 amide bonds. The second kappa shape index (κ2) is 5.87. The monoisotopic (exact) mass is 312 g/mol. The minimum Gasteiger partial charge on any atom is -0.477 e. The molecular formula is C11H12N4O5S. The summed E-state index contributed by atoms with van der Waals surface area (Å²) >= 11 is 0.968. The van der Waals surface area contributed by atoms with E-state index in [0.717, 1.165) is 16.2 Å². The smallest absolute Gasteiger partial charge is 0.347 e. The van der Waals surface area contributed by atoms with E-state index in [1.165, 1.54) is 0 Å². The van der Waals surface area contributed by atoms with Crippen molar-refractivity contribution >= 4 is 35.2 Å². The first kappa shape index (κ1) is 14.9. The summed E-state index contributed by atoms with van der Waals surface area (Å²) in [5.74, 6) is -2.06. The molecular weight excluding hydrogens is 300 g/mol. The quantitative estimate of drug-likeness (QED) is 0.618. The molecule has 1 aliphatic rings. The average molecular weight is 312 g/mol. The molecule has 1 fully saturated rings. The molecule has 1 aliphatic heterocycles. The molecule has 0 aromatic carbocycles. The van der Waals surface area contributed by atoms with Gasteiger partial charge in [0.25, 0.3) is 5.91 Å². The molecule has 3 N–H and O–H groups in total. The van der Waals surface area contributed by atoms with Crippen molar-refractivity contribution in [3.63, 3.8) is 0 Å². The first-order chi connectivity index (χ1) is 9.88. The van der Waals surface area contributed by atoms with Crippen LogP contribution in [0, 0.1) is 6.92 Å². The predicted octanol–water partition coefficient (Wildman–Crippen LogP) is -0.682. The minimum absolute atomic E-state index is 0.0429. The molecule has 1 saturated heterocycles. The van der Waals surface area contributed by atoms with Crippen LogP contribution >= 0.6 is 11.3 Å². The molecule has 9 nitrogen and oxygen atoms in total. The number of thiazole rings is 1. The number of carbonyl (C=O) groups excluding carboxylic acids is 3. The number of hydrogen-bond acceptors (Lipinski definition) is 6. The number of aromatic nitrogens is 1. The van der Waals surface area contributed by atoms with Gasteiger partial charge < -0.3 is 15.7 Å². The molecule has 1 aromatic heterocycles. The van der Waals surface area contributed by atoms with E-state index in [1.807, 2.05) is 0 Å². The lowest BCUT2D eigenvalue weighted by molar-refractivity contribution is -0.130. The van der Waals surface area contributed by atoms with E-state index in [-0.39, 0.29) is 24.5 Å². The van der Waals surface area contributed by atoms with Crippen LogP contribution in [0.5, 0.6) is 0 Å². The van der Waals surface area contributed by atoms with Gasteiger partial charge in [0.15, 0.2) is 0 Å². The zero-order valence-corrected chi connectivity index (χ0v) is 11.8. The first-order valence-corrected chi connectivity index (χ1v) is 6.74. The van der Waals surface area contributed by atoms with Gasteiger partial charge in [0, 0.05) is 0 Å². The maximum Gasteiger partial charge on any atom is 0.347 e. The Kier molecular flexibility index (Phi) is 4.17. The highest BCUT2D eigenvalue weighted by Crippen LogP contribution is 2.17. The van der Waals surface area contributed by atoms with Crippen molar-refractivity contribution in [2.45, 2.75) is 13.5 Å².